The molecule has 1 aliphatic heterocycles. The maximum absolute atomic E-state index is 13.4. The first-order chi connectivity index (χ1) is 14.4. The lowest BCUT2D eigenvalue weighted by molar-refractivity contribution is 0.0970. The highest BCUT2D eigenvalue weighted by atomic mass is 19.1. The third-order valence-electron chi connectivity index (χ3n) is 5.58. The van der Waals surface area contributed by atoms with E-state index in [9.17, 15) is 18.7 Å². The summed E-state index contributed by atoms with van der Waals surface area (Å²) >= 11 is 0. The Labute approximate surface area is 173 Å². The first-order valence-electron chi connectivity index (χ1n) is 9.75. The summed E-state index contributed by atoms with van der Waals surface area (Å²) in [5.41, 5.74) is 3.13. The van der Waals surface area contributed by atoms with Gasteiger partial charge in [0.25, 0.3) is 0 Å². The van der Waals surface area contributed by atoms with Gasteiger partial charge in [-0.25, -0.2) is 8.78 Å². The van der Waals surface area contributed by atoms with Crippen LogP contribution in [0.5, 0.6) is 5.75 Å². The summed E-state index contributed by atoms with van der Waals surface area (Å²) in [7, 11) is 0. The molecule has 1 N–H and O–H groups in total. The van der Waals surface area contributed by atoms with Crippen molar-refractivity contribution >= 4 is 11.5 Å². The second-order valence-electron chi connectivity index (χ2n) is 7.45. The first-order valence-corrected chi connectivity index (χ1v) is 9.75. The Morgan fingerprint density at radius 3 is 2.07 bits per heavy atom. The molecule has 4 rings (SSSR count). The number of anilines is 1. The van der Waals surface area contributed by atoms with Crippen LogP contribution in [0.2, 0.25) is 0 Å². The number of Topliss-reactive ketones (excluding diaryl/α,β-unsaturated/α-hetero) is 1. The maximum Gasteiger partial charge on any atom is 0.162 e. The van der Waals surface area contributed by atoms with Crippen LogP contribution in [0.4, 0.5) is 14.5 Å². The zero-order valence-electron chi connectivity index (χ0n) is 16.3. The van der Waals surface area contributed by atoms with Crippen LogP contribution in [0.1, 0.15) is 34.8 Å². The lowest BCUT2D eigenvalue weighted by atomic mass is 9.76. The van der Waals surface area contributed by atoms with Crippen molar-refractivity contribution in [1.82, 2.24) is 0 Å². The molecular formula is C25H21F2NO2. The van der Waals surface area contributed by atoms with Gasteiger partial charge in [0.05, 0.1) is 6.04 Å². The molecule has 3 nitrogen and oxygen atoms in total. The summed E-state index contributed by atoms with van der Waals surface area (Å²) in [6, 6.07) is 18.6. The highest BCUT2D eigenvalue weighted by Crippen LogP contribution is 2.51. The fraction of sp³-hybridized carbons (Fsp3) is 0.160. The average molecular weight is 405 g/mol. The van der Waals surface area contributed by atoms with Crippen molar-refractivity contribution < 1.29 is 18.7 Å². The fourth-order valence-electron chi connectivity index (χ4n) is 4.01. The zero-order valence-corrected chi connectivity index (χ0v) is 16.3. The predicted octanol–water partition coefficient (Wildman–Crippen LogP) is 6.02. The van der Waals surface area contributed by atoms with Gasteiger partial charge < -0.3 is 10.0 Å². The molecule has 152 valence electrons. The molecule has 2 atom stereocenters. The van der Waals surface area contributed by atoms with Gasteiger partial charge in [-0.05, 0) is 72.6 Å². The summed E-state index contributed by atoms with van der Waals surface area (Å²) in [6.07, 6.45) is 0.888. The minimum atomic E-state index is -0.374. The van der Waals surface area contributed by atoms with Gasteiger partial charge >= 0.3 is 0 Å². The van der Waals surface area contributed by atoms with E-state index in [1.165, 1.54) is 36.4 Å². The Balaban J connectivity index is 1.55. The van der Waals surface area contributed by atoms with E-state index in [1.54, 1.807) is 24.3 Å². The van der Waals surface area contributed by atoms with E-state index < -0.39 is 0 Å². The number of phenolic OH excluding ortho intramolecular Hbond substituents is 1. The van der Waals surface area contributed by atoms with Crippen LogP contribution in [-0.2, 0) is 0 Å². The molecular weight excluding hydrogens is 384 g/mol. The first kappa shape index (κ1) is 19.8. The average Bonchev–Trinajstić information content (AvgIpc) is 2.74. The van der Waals surface area contributed by atoms with Crippen molar-refractivity contribution in [3.8, 4) is 5.75 Å². The Morgan fingerprint density at radius 1 is 0.900 bits per heavy atom. The fourth-order valence-corrected chi connectivity index (χ4v) is 4.01. The Morgan fingerprint density at radius 2 is 1.47 bits per heavy atom. The normalized spacial score (nSPS) is 18.2. The second kappa shape index (κ2) is 8.11. The third kappa shape index (κ3) is 3.83. The number of rotatable bonds is 6. The number of phenols is 1. The lowest BCUT2D eigenvalue weighted by Gasteiger charge is -2.52. The van der Waals surface area contributed by atoms with E-state index in [0.717, 1.165) is 16.9 Å². The second-order valence-corrected chi connectivity index (χ2v) is 7.45. The lowest BCUT2D eigenvalue weighted by Crippen LogP contribution is -2.47. The van der Waals surface area contributed by atoms with E-state index in [2.05, 4.69) is 6.58 Å². The number of benzene rings is 3. The molecule has 3 aromatic carbocycles. The van der Waals surface area contributed by atoms with Gasteiger partial charge in [-0.1, -0.05) is 18.7 Å². The molecule has 0 radical (unpaired) electrons. The minimum absolute atomic E-state index is 0.0176. The van der Waals surface area contributed by atoms with Crippen LogP contribution in [0.15, 0.2) is 85.1 Å². The standard InChI is InChI=1S/C25H21F2NO2/c1-16-23(14-15-24(30)17-2-6-19(26)7-3-17)25(18-4-12-22(29)13-5-18)28(16)21-10-8-20(27)9-11-21/h2-13,23,25,29H,1,14-15H2/t23-,25+/m1/s1. The Kier molecular flexibility index (Phi) is 5.36. The molecule has 5 heteroatoms. The van der Waals surface area contributed by atoms with Gasteiger partial charge in [-0.3, -0.25) is 4.79 Å². The molecule has 0 unspecified atom stereocenters. The van der Waals surface area contributed by atoms with Crippen molar-refractivity contribution in [2.24, 2.45) is 5.92 Å². The van der Waals surface area contributed by atoms with Gasteiger partial charge in [0.2, 0.25) is 0 Å². The van der Waals surface area contributed by atoms with E-state index in [1.807, 2.05) is 17.0 Å². The van der Waals surface area contributed by atoms with Crippen molar-refractivity contribution in [1.29, 1.82) is 0 Å². The molecule has 0 spiro atoms. The van der Waals surface area contributed by atoms with Crippen LogP contribution in [0.3, 0.4) is 0 Å². The number of hydrogen-bond donors (Lipinski definition) is 1. The van der Waals surface area contributed by atoms with E-state index in [-0.39, 0.29) is 35.1 Å². The van der Waals surface area contributed by atoms with Crippen LogP contribution < -0.4 is 4.90 Å². The number of ketones is 1. The summed E-state index contributed by atoms with van der Waals surface area (Å²) in [5, 5.41) is 9.64. The van der Waals surface area contributed by atoms with Gasteiger partial charge in [-0.15, -0.1) is 0 Å². The largest absolute Gasteiger partial charge is 0.508 e. The number of halogens is 2. The van der Waals surface area contributed by atoms with Crippen molar-refractivity contribution in [3.05, 3.63) is 108 Å². The summed E-state index contributed by atoms with van der Waals surface area (Å²) in [4.78, 5) is 14.6. The van der Waals surface area contributed by atoms with Crippen LogP contribution >= 0.6 is 0 Å². The molecule has 0 aromatic heterocycles. The van der Waals surface area contributed by atoms with Gasteiger partial charge in [0.1, 0.15) is 17.4 Å². The molecule has 0 saturated carbocycles. The van der Waals surface area contributed by atoms with Gasteiger partial charge in [0.15, 0.2) is 5.78 Å². The SMILES string of the molecule is C=C1[C@@H](CCC(=O)c2ccc(F)cc2)[C@H](c2ccc(O)cc2)N1c1ccc(F)cc1. The smallest absolute Gasteiger partial charge is 0.162 e. The van der Waals surface area contributed by atoms with E-state index >= 15 is 0 Å². The minimum Gasteiger partial charge on any atom is -0.508 e. The highest BCUT2D eigenvalue weighted by Gasteiger charge is 2.43. The predicted molar refractivity (Wildman–Crippen MR) is 112 cm³/mol. The van der Waals surface area contributed by atoms with Gasteiger partial charge in [0, 0.05) is 29.3 Å². The number of aromatic hydroxyl groups is 1. The molecule has 3 aromatic rings. The molecule has 1 heterocycles. The summed E-state index contributed by atoms with van der Waals surface area (Å²) in [6.45, 7) is 4.20. The van der Waals surface area contributed by atoms with E-state index in [0.29, 0.717) is 18.4 Å². The molecule has 30 heavy (non-hydrogen) atoms. The molecule has 0 amide bonds. The van der Waals surface area contributed by atoms with Crippen LogP contribution in [0, 0.1) is 17.6 Å². The Bertz CT molecular complexity index is 1060. The number of carbonyl (C=O) groups is 1. The summed E-state index contributed by atoms with van der Waals surface area (Å²) in [5.74, 6) is -0.543. The summed E-state index contributed by atoms with van der Waals surface area (Å²) < 4.78 is 26.5. The Hall–Kier alpha value is -3.47. The van der Waals surface area contributed by atoms with Crippen LogP contribution in [-0.4, -0.2) is 10.9 Å². The molecule has 1 saturated heterocycles. The molecule has 0 aliphatic carbocycles. The monoisotopic (exact) mass is 405 g/mol. The van der Waals surface area contributed by atoms with E-state index in [4.69, 9.17) is 0 Å². The van der Waals surface area contributed by atoms with Crippen molar-refractivity contribution in [2.45, 2.75) is 18.9 Å². The quantitative estimate of drug-likeness (QED) is 0.510. The zero-order chi connectivity index (χ0) is 21.3. The number of hydrogen-bond acceptors (Lipinski definition) is 3. The number of nitrogens with zero attached hydrogens (tertiary/aromatic N) is 1. The topological polar surface area (TPSA) is 40.5 Å². The van der Waals surface area contributed by atoms with Crippen molar-refractivity contribution in [3.63, 3.8) is 0 Å². The van der Waals surface area contributed by atoms with Crippen LogP contribution in [0.25, 0.3) is 0 Å². The third-order valence-corrected chi connectivity index (χ3v) is 5.58. The highest BCUT2D eigenvalue weighted by molar-refractivity contribution is 5.96. The van der Waals surface area contributed by atoms with Crippen molar-refractivity contribution in [2.75, 3.05) is 4.90 Å². The maximum atomic E-state index is 13.4. The number of carbonyl (C=O) groups excluding carboxylic acids is 1. The van der Waals surface area contributed by atoms with Gasteiger partial charge in [-0.2, -0.15) is 0 Å². The molecule has 0 bridgehead atoms. The molecule has 1 aliphatic rings. The molecule has 1 fully saturated rings.